The summed E-state index contributed by atoms with van der Waals surface area (Å²) in [4.78, 5) is 4.20. The van der Waals surface area contributed by atoms with E-state index in [0.717, 1.165) is 24.4 Å². The Hall–Kier alpha value is -1.77. The Morgan fingerprint density at radius 2 is 2.33 bits per heavy atom. The van der Waals surface area contributed by atoms with Gasteiger partial charge >= 0.3 is 0 Å². The minimum atomic E-state index is 0.718. The summed E-state index contributed by atoms with van der Waals surface area (Å²) in [6, 6.07) is 6.22. The fraction of sp³-hybridized carbons (Fsp3) is 0.250. The van der Waals surface area contributed by atoms with Crippen molar-refractivity contribution in [2.24, 2.45) is 0 Å². The van der Waals surface area contributed by atoms with Gasteiger partial charge in [-0.05, 0) is 30.5 Å². The summed E-state index contributed by atoms with van der Waals surface area (Å²) in [5.74, 6) is 0.718. The summed E-state index contributed by atoms with van der Waals surface area (Å²) >= 11 is 0. The third-order valence-corrected chi connectivity index (χ3v) is 2.76. The van der Waals surface area contributed by atoms with Crippen molar-refractivity contribution in [3.05, 3.63) is 36.2 Å². The van der Waals surface area contributed by atoms with E-state index < -0.39 is 0 Å². The van der Waals surface area contributed by atoms with Gasteiger partial charge in [0, 0.05) is 17.8 Å². The van der Waals surface area contributed by atoms with Crippen LogP contribution in [0.3, 0.4) is 0 Å². The molecule has 0 bridgehead atoms. The van der Waals surface area contributed by atoms with E-state index in [2.05, 4.69) is 22.4 Å². The first-order valence-corrected chi connectivity index (χ1v) is 5.21. The monoisotopic (exact) mass is 200 g/mol. The molecule has 0 fully saturated rings. The van der Waals surface area contributed by atoms with Gasteiger partial charge in [0.25, 0.3) is 0 Å². The topological polar surface area (TPSA) is 38.1 Å². The van der Waals surface area contributed by atoms with Gasteiger partial charge in [-0.15, -0.1) is 0 Å². The van der Waals surface area contributed by atoms with Crippen LogP contribution in [-0.4, -0.2) is 11.5 Å². The van der Waals surface area contributed by atoms with E-state index in [1.54, 1.807) is 12.5 Å². The van der Waals surface area contributed by atoms with Crippen LogP contribution < -0.4 is 5.32 Å². The van der Waals surface area contributed by atoms with E-state index >= 15 is 0 Å². The normalized spacial score (nSPS) is 14.4. The van der Waals surface area contributed by atoms with Crippen molar-refractivity contribution in [3.63, 3.8) is 0 Å². The Morgan fingerprint density at radius 3 is 3.20 bits per heavy atom. The second-order valence-corrected chi connectivity index (χ2v) is 3.70. The number of nitrogens with one attached hydrogen (secondary N) is 1. The summed E-state index contributed by atoms with van der Waals surface area (Å²) in [6.45, 7) is 1.06. The largest absolute Gasteiger partial charge is 0.445 e. The first-order chi connectivity index (χ1) is 7.45. The summed E-state index contributed by atoms with van der Waals surface area (Å²) in [5.41, 5.74) is 3.66. The highest BCUT2D eigenvalue weighted by atomic mass is 16.3. The molecule has 15 heavy (non-hydrogen) atoms. The third-order valence-electron chi connectivity index (χ3n) is 2.76. The predicted octanol–water partition coefficient (Wildman–Crippen LogP) is 2.70. The summed E-state index contributed by atoms with van der Waals surface area (Å²) in [7, 11) is 0. The minimum Gasteiger partial charge on any atom is -0.445 e. The van der Waals surface area contributed by atoms with Crippen molar-refractivity contribution in [2.45, 2.75) is 12.8 Å². The molecule has 1 aromatic carbocycles. The van der Waals surface area contributed by atoms with Crippen molar-refractivity contribution < 1.29 is 4.42 Å². The molecule has 1 aliphatic rings. The maximum absolute atomic E-state index is 5.35. The Labute approximate surface area is 88.1 Å². The minimum absolute atomic E-state index is 0.718. The number of rotatable bonds is 1. The van der Waals surface area contributed by atoms with Gasteiger partial charge in [0.1, 0.15) is 6.26 Å². The highest BCUT2D eigenvalue weighted by Crippen LogP contribution is 2.31. The first-order valence-electron chi connectivity index (χ1n) is 5.21. The zero-order chi connectivity index (χ0) is 10.1. The van der Waals surface area contributed by atoms with Crippen LogP contribution in [0.1, 0.15) is 12.0 Å². The molecule has 0 amide bonds. The quantitative estimate of drug-likeness (QED) is 0.769. The van der Waals surface area contributed by atoms with Crippen LogP contribution in [0.5, 0.6) is 0 Å². The highest BCUT2D eigenvalue weighted by Gasteiger charge is 2.15. The second-order valence-electron chi connectivity index (χ2n) is 3.70. The lowest BCUT2D eigenvalue weighted by Crippen LogP contribution is -2.12. The van der Waals surface area contributed by atoms with E-state index in [4.69, 9.17) is 4.42 Å². The van der Waals surface area contributed by atoms with Gasteiger partial charge in [0.2, 0.25) is 5.89 Å². The van der Waals surface area contributed by atoms with Crippen LogP contribution in [-0.2, 0) is 6.42 Å². The molecule has 0 saturated carbocycles. The van der Waals surface area contributed by atoms with Gasteiger partial charge < -0.3 is 9.73 Å². The molecule has 1 aliphatic heterocycles. The van der Waals surface area contributed by atoms with Gasteiger partial charge in [0.15, 0.2) is 0 Å². The van der Waals surface area contributed by atoms with Crippen molar-refractivity contribution >= 4 is 5.69 Å². The number of aromatic nitrogens is 1. The van der Waals surface area contributed by atoms with Crippen molar-refractivity contribution in [1.29, 1.82) is 0 Å². The average molecular weight is 200 g/mol. The number of nitrogens with zero attached hydrogens (tertiary/aromatic N) is 1. The number of hydrogen-bond donors (Lipinski definition) is 1. The SMILES string of the molecule is c1cc2c(c(-c3ncco3)c1)CCCN2. The van der Waals surface area contributed by atoms with Crippen molar-refractivity contribution in [1.82, 2.24) is 4.98 Å². The average Bonchev–Trinajstić information content (AvgIpc) is 2.82. The molecule has 0 spiro atoms. The molecule has 0 atom stereocenters. The number of benzene rings is 1. The summed E-state index contributed by atoms with van der Waals surface area (Å²) in [5, 5.41) is 3.40. The fourth-order valence-corrected chi connectivity index (χ4v) is 2.07. The maximum atomic E-state index is 5.35. The molecule has 1 N–H and O–H groups in total. The maximum Gasteiger partial charge on any atom is 0.226 e. The van der Waals surface area contributed by atoms with Crippen molar-refractivity contribution in [2.75, 3.05) is 11.9 Å². The van der Waals surface area contributed by atoms with Gasteiger partial charge in [-0.25, -0.2) is 4.98 Å². The first kappa shape index (κ1) is 8.53. The molecular weight excluding hydrogens is 188 g/mol. The molecule has 3 heteroatoms. The van der Waals surface area contributed by atoms with Crippen LogP contribution in [0.2, 0.25) is 0 Å². The van der Waals surface area contributed by atoms with E-state index in [9.17, 15) is 0 Å². The lowest BCUT2D eigenvalue weighted by molar-refractivity contribution is 0.573. The van der Waals surface area contributed by atoms with Gasteiger partial charge in [-0.1, -0.05) is 6.07 Å². The molecule has 1 aromatic heterocycles. The van der Waals surface area contributed by atoms with Gasteiger partial charge in [-0.3, -0.25) is 0 Å². The molecule has 3 rings (SSSR count). The lowest BCUT2D eigenvalue weighted by atomic mass is 9.97. The number of fused-ring (bicyclic) bond motifs is 1. The Kier molecular flexibility index (Phi) is 1.95. The standard InChI is InChI=1S/C12H12N2O/c1-3-10(12-14-7-8-15-12)9-4-2-6-13-11(9)5-1/h1,3,5,7-8,13H,2,4,6H2. The molecular formula is C12H12N2O. The van der Waals surface area contributed by atoms with E-state index in [-0.39, 0.29) is 0 Å². The third kappa shape index (κ3) is 1.40. The summed E-state index contributed by atoms with van der Waals surface area (Å²) < 4.78 is 5.35. The molecule has 2 heterocycles. The number of hydrogen-bond acceptors (Lipinski definition) is 3. The fourth-order valence-electron chi connectivity index (χ4n) is 2.07. The number of oxazole rings is 1. The second kappa shape index (κ2) is 3.42. The smallest absolute Gasteiger partial charge is 0.226 e. The van der Waals surface area contributed by atoms with Crippen molar-refractivity contribution in [3.8, 4) is 11.5 Å². The van der Waals surface area contributed by atoms with Crippen LogP contribution in [0.15, 0.2) is 35.1 Å². The van der Waals surface area contributed by atoms with Crippen LogP contribution in [0.25, 0.3) is 11.5 Å². The van der Waals surface area contributed by atoms with E-state index in [0.29, 0.717) is 0 Å². The zero-order valence-electron chi connectivity index (χ0n) is 8.36. The van der Waals surface area contributed by atoms with E-state index in [1.807, 2.05) is 6.07 Å². The molecule has 0 saturated heterocycles. The van der Waals surface area contributed by atoms with Gasteiger partial charge in [0.05, 0.1) is 6.20 Å². The Balaban J connectivity index is 2.15. The summed E-state index contributed by atoms with van der Waals surface area (Å²) in [6.07, 6.45) is 5.57. The number of anilines is 1. The Morgan fingerprint density at radius 1 is 1.33 bits per heavy atom. The molecule has 0 radical (unpaired) electrons. The van der Waals surface area contributed by atoms with E-state index in [1.165, 1.54) is 17.7 Å². The zero-order valence-corrected chi connectivity index (χ0v) is 8.36. The molecule has 3 nitrogen and oxygen atoms in total. The van der Waals surface area contributed by atoms with Crippen LogP contribution in [0.4, 0.5) is 5.69 Å². The Bertz CT molecular complexity index is 462. The highest BCUT2D eigenvalue weighted by molar-refractivity contribution is 5.69. The van der Waals surface area contributed by atoms with Gasteiger partial charge in [-0.2, -0.15) is 0 Å². The molecule has 0 aliphatic carbocycles. The molecule has 0 unspecified atom stereocenters. The molecule has 76 valence electrons. The van der Waals surface area contributed by atoms with Crippen LogP contribution >= 0.6 is 0 Å². The molecule has 2 aromatic rings. The lowest BCUT2D eigenvalue weighted by Gasteiger charge is -2.19. The van der Waals surface area contributed by atoms with Crippen LogP contribution in [0, 0.1) is 0 Å². The predicted molar refractivity (Wildman–Crippen MR) is 58.7 cm³/mol.